The van der Waals surface area contributed by atoms with E-state index in [0.717, 1.165) is 19.6 Å². The molecule has 0 saturated heterocycles. The van der Waals surface area contributed by atoms with Gasteiger partial charge < -0.3 is 11.1 Å². The molecule has 1 atom stereocenters. The molecule has 1 heterocycles. The van der Waals surface area contributed by atoms with Crippen LogP contribution in [-0.4, -0.2) is 13.1 Å². The molecular weight excluding hydrogens is 180 g/mol. The van der Waals surface area contributed by atoms with Gasteiger partial charge in [-0.15, -0.1) is 0 Å². The van der Waals surface area contributed by atoms with Crippen LogP contribution in [0.25, 0.3) is 0 Å². The van der Waals surface area contributed by atoms with Crippen molar-refractivity contribution in [2.75, 3.05) is 13.1 Å². The number of aryl methyl sites for hydroxylation is 1. The summed E-state index contributed by atoms with van der Waals surface area (Å²) in [5.74, 6) is 0.568. The number of thiophene rings is 1. The molecule has 0 saturated carbocycles. The van der Waals surface area contributed by atoms with Crippen LogP contribution in [0, 0.1) is 12.8 Å². The van der Waals surface area contributed by atoms with Crippen LogP contribution in [0.15, 0.2) is 10.8 Å². The van der Waals surface area contributed by atoms with Crippen molar-refractivity contribution in [3.05, 3.63) is 21.9 Å². The van der Waals surface area contributed by atoms with Gasteiger partial charge in [0.25, 0.3) is 0 Å². The summed E-state index contributed by atoms with van der Waals surface area (Å²) in [4.78, 5) is 0. The molecular formula is C10H18N2S. The van der Waals surface area contributed by atoms with Crippen molar-refractivity contribution in [2.24, 2.45) is 11.7 Å². The molecule has 0 spiro atoms. The molecule has 1 aromatic rings. The minimum Gasteiger partial charge on any atom is -0.330 e. The third kappa shape index (κ3) is 3.46. The predicted molar refractivity (Wildman–Crippen MR) is 59.0 cm³/mol. The highest BCUT2D eigenvalue weighted by Crippen LogP contribution is 2.12. The van der Waals surface area contributed by atoms with Crippen LogP contribution in [0.1, 0.15) is 18.1 Å². The van der Waals surface area contributed by atoms with E-state index in [1.165, 1.54) is 11.1 Å². The molecule has 0 radical (unpaired) electrons. The largest absolute Gasteiger partial charge is 0.330 e. The van der Waals surface area contributed by atoms with E-state index in [0.29, 0.717) is 5.92 Å². The topological polar surface area (TPSA) is 38.0 Å². The van der Waals surface area contributed by atoms with Gasteiger partial charge in [0.15, 0.2) is 0 Å². The number of hydrogen-bond acceptors (Lipinski definition) is 3. The molecule has 2 nitrogen and oxygen atoms in total. The summed E-state index contributed by atoms with van der Waals surface area (Å²) in [6, 6.07) is 0. The van der Waals surface area contributed by atoms with Crippen LogP contribution in [-0.2, 0) is 6.54 Å². The number of nitrogens with two attached hydrogens (primary N) is 1. The molecule has 0 aliphatic carbocycles. The molecule has 0 bridgehead atoms. The molecule has 3 N–H and O–H groups in total. The van der Waals surface area contributed by atoms with E-state index in [4.69, 9.17) is 5.73 Å². The standard InChI is InChI=1S/C10H18N2S/c1-8(3-11)4-12-5-10-7-13-6-9(10)2/h6-8,12H,3-5,11H2,1-2H3. The van der Waals surface area contributed by atoms with Crippen molar-refractivity contribution in [2.45, 2.75) is 20.4 Å². The van der Waals surface area contributed by atoms with Crippen LogP contribution in [0.5, 0.6) is 0 Å². The molecule has 74 valence electrons. The van der Waals surface area contributed by atoms with Gasteiger partial charge in [-0.3, -0.25) is 0 Å². The van der Waals surface area contributed by atoms with Gasteiger partial charge in [0.2, 0.25) is 0 Å². The van der Waals surface area contributed by atoms with Crippen LogP contribution in [0.2, 0.25) is 0 Å². The lowest BCUT2D eigenvalue weighted by Crippen LogP contribution is -2.25. The minimum absolute atomic E-state index is 0.568. The van der Waals surface area contributed by atoms with Crippen molar-refractivity contribution in [3.8, 4) is 0 Å². The summed E-state index contributed by atoms with van der Waals surface area (Å²) >= 11 is 1.77. The van der Waals surface area contributed by atoms with Crippen molar-refractivity contribution in [1.82, 2.24) is 5.32 Å². The first kappa shape index (κ1) is 10.7. The van der Waals surface area contributed by atoms with E-state index in [2.05, 4.69) is 29.9 Å². The number of rotatable bonds is 5. The molecule has 1 aromatic heterocycles. The average Bonchev–Trinajstić information content (AvgIpc) is 2.52. The normalized spacial score (nSPS) is 13.2. The molecule has 0 aliphatic heterocycles. The fraction of sp³-hybridized carbons (Fsp3) is 0.600. The maximum Gasteiger partial charge on any atom is 0.0216 e. The number of hydrogen-bond donors (Lipinski definition) is 2. The van der Waals surface area contributed by atoms with Gasteiger partial charge in [-0.05, 0) is 47.8 Å². The third-order valence-corrected chi connectivity index (χ3v) is 3.08. The lowest BCUT2D eigenvalue weighted by Gasteiger charge is -2.09. The highest BCUT2D eigenvalue weighted by molar-refractivity contribution is 7.08. The zero-order chi connectivity index (χ0) is 9.68. The molecule has 3 heteroatoms. The van der Waals surface area contributed by atoms with Crippen LogP contribution in [0.3, 0.4) is 0 Å². The van der Waals surface area contributed by atoms with E-state index in [1.807, 2.05) is 0 Å². The summed E-state index contributed by atoms with van der Waals surface area (Å²) in [5.41, 5.74) is 8.32. The van der Waals surface area contributed by atoms with Gasteiger partial charge >= 0.3 is 0 Å². The lowest BCUT2D eigenvalue weighted by molar-refractivity contribution is 0.522. The first-order valence-corrected chi connectivity index (χ1v) is 5.60. The van der Waals surface area contributed by atoms with Gasteiger partial charge in [-0.1, -0.05) is 6.92 Å². The SMILES string of the molecule is Cc1cscc1CNCC(C)CN. The second kappa shape index (κ2) is 5.37. The lowest BCUT2D eigenvalue weighted by atomic mass is 10.1. The molecule has 0 fully saturated rings. The zero-order valence-electron chi connectivity index (χ0n) is 8.34. The van der Waals surface area contributed by atoms with E-state index in [1.54, 1.807) is 11.3 Å². The van der Waals surface area contributed by atoms with Gasteiger partial charge in [-0.25, -0.2) is 0 Å². The third-order valence-electron chi connectivity index (χ3n) is 2.17. The van der Waals surface area contributed by atoms with Crippen molar-refractivity contribution in [1.29, 1.82) is 0 Å². The van der Waals surface area contributed by atoms with E-state index in [-0.39, 0.29) is 0 Å². The van der Waals surface area contributed by atoms with Crippen molar-refractivity contribution in [3.63, 3.8) is 0 Å². The first-order chi connectivity index (χ1) is 6.24. The quantitative estimate of drug-likeness (QED) is 0.756. The Morgan fingerprint density at radius 3 is 2.85 bits per heavy atom. The van der Waals surface area contributed by atoms with Gasteiger partial charge in [0.05, 0.1) is 0 Å². The van der Waals surface area contributed by atoms with Gasteiger partial charge in [0, 0.05) is 6.54 Å². The summed E-state index contributed by atoms with van der Waals surface area (Å²) < 4.78 is 0. The van der Waals surface area contributed by atoms with Crippen LogP contribution < -0.4 is 11.1 Å². The molecule has 1 rings (SSSR count). The van der Waals surface area contributed by atoms with Crippen LogP contribution in [0.4, 0.5) is 0 Å². The molecule has 0 aliphatic rings. The van der Waals surface area contributed by atoms with Crippen LogP contribution >= 0.6 is 11.3 Å². The predicted octanol–water partition coefficient (Wildman–Crippen LogP) is 1.74. The maximum atomic E-state index is 5.52. The Morgan fingerprint density at radius 1 is 1.54 bits per heavy atom. The van der Waals surface area contributed by atoms with E-state index >= 15 is 0 Å². The Bertz CT molecular complexity index is 245. The molecule has 13 heavy (non-hydrogen) atoms. The van der Waals surface area contributed by atoms with Crippen molar-refractivity contribution >= 4 is 11.3 Å². The zero-order valence-corrected chi connectivity index (χ0v) is 9.16. The van der Waals surface area contributed by atoms with Gasteiger partial charge in [0.1, 0.15) is 0 Å². The van der Waals surface area contributed by atoms with E-state index in [9.17, 15) is 0 Å². The summed E-state index contributed by atoms with van der Waals surface area (Å²) in [6.07, 6.45) is 0. The average molecular weight is 198 g/mol. The fourth-order valence-electron chi connectivity index (χ4n) is 1.10. The Morgan fingerprint density at radius 2 is 2.31 bits per heavy atom. The number of nitrogens with one attached hydrogen (secondary N) is 1. The second-order valence-corrected chi connectivity index (χ2v) is 4.30. The molecule has 0 amide bonds. The van der Waals surface area contributed by atoms with E-state index < -0.39 is 0 Å². The van der Waals surface area contributed by atoms with Crippen molar-refractivity contribution < 1.29 is 0 Å². The monoisotopic (exact) mass is 198 g/mol. The highest BCUT2D eigenvalue weighted by atomic mass is 32.1. The molecule has 1 unspecified atom stereocenters. The Hall–Kier alpha value is -0.380. The molecule has 0 aromatic carbocycles. The highest BCUT2D eigenvalue weighted by Gasteiger charge is 2.00. The summed E-state index contributed by atoms with van der Waals surface area (Å²) in [6.45, 7) is 7.05. The smallest absolute Gasteiger partial charge is 0.0216 e. The first-order valence-electron chi connectivity index (χ1n) is 4.66. The Kier molecular flexibility index (Phi) is 4.42. The fourth-order valence-corrected chi connectivity index (χ4v) is 1.96. The summed E-state index contributed by atoms with van der Waals surface area (Å²) in [7, 11) is 0. The maximum absolute atomic E-state index is 5.52. The Balaban J connectivity index is 2.24. The second-order valence-electron chi connectivity index (χ2n) is 3.55. The minimum atomic E-state index is 0.568. The Labute approximate surface area is 84.2 Å². The van der Waals surface area contributed by atoms with Gasteiger partial charge in [-0.2, -0.15) is 11.3 Å². The summed E-state index contributed by atoms with van der Waals surface area (Å²) in [5, 5.41) is 7.79.